The standard InChI is InChI=1S/C11H14O/c1-8-4-2-3-5-10(8)11-6-9(11)7-12/h2-5,9,11-12H,6-7H2,1H3/t9-,11+/m0/s1. The highest BCUT2D eigenvalue weighted by molar-refractivity contribution is 5.33. The molecule has 1 nitrogen and oxygen atoms in total. The number of aryl methyl sites for hydroxylation is 1. The first kappa shape index (κ1) is 7.81. The lowest BCUT2D eigenvalue weighted by atomic mass is 10.0. The van der Waals surface area contributed by atoms with Crippen LogP contribution in [0.15, 0.2) is 24.3 Å². The minimum atomic E-state index is 0.346. The maximum atomic E-state index is 8.93. The summed E-state index contributed by atoms with van der Waals surface area (Å²) in [6.07, 6.45) is 1.17. The molecule has 0 spiro atoms. The van der Waals surface area contributed by atoms with Gasteiger partial charge in [-0.05, 0) is 36.3 Å². The molecule has 2 atom stereocenters. The molecule has 0 unspecified atom stereocenters. The Balaban J connectivity index is 2.19. The van der Waals surface area contributed by atoms with Crippen molar-refractivity contribution in [2.75, 3.05) is 6.61 Å². The number of aliphatic hydroxyl groups excluding tert-OH is 1. The van der Waals surface area contributed by atoms with Gasteiger partial charge in [0.25, 0.3) is 0 Å². The van der Waals surface area contributed by atoms with E-state index in [0.717, 1.165) is 0 Å². The zero-order chi connectivity index (χ0) is 8.55. The summed E-state index contributed by atoms with van der Waals surface area (Å²) in [5, 5.41) is 8.93. The van der Waals surface area contributed by atoms with Crippen LogP contribution in [0.4, 0.5) is 0 Å². The SMILES string of the molecule is Cc1ccccc1[C@@H]1C[C@H]1CO. The summed E-state index contributed by atoms with van der Waals surface area (Å²) in [7, 11) is 0. The molecule has 1 N–H and O–H groups in total. The Morgan fingerprint density at radius 3 is 2.75 bits per heavy atom. The zero-order valence-corrected chi connectivity index (χ0v) is 7.33. The molecular weight excluding hydrogens is 148 g/mol. The highest BCUT2D eigenvalue weighted by Crippen LogP contribution is 2.47. The van der Waals surface area contributed by atoms with Crippen molar-refractivity contribution < 1.29 is 5.11 Å². The molecule has 0 bridgehead atoms. The predicted octanol–water partition coefficient (Wildman–Crippen LogP) is 2.09. The van der Waals surface area contributed by atoms with Crippen LogP contribution in [0.25, 0.3) is 0 Å². The molecule has 12 heavy (non-hydrogen) atoms. The smallest absolute Gasteiger partial charge is 0.0465 e. The van der Waals surface area contributed by atoms with E-state index in [1.807, 2.05) is 0 Å². The molecule has 0 heterocycles. The van der Waals surface area contributed by atoms with Crippen molar-refractivity contribution in [2.24, 2.45) is 5.92 Å². The van der Waals surface area contributed by atoms with Crippen LogP contribution in [0.5, 0.6) is 0 Å². The van der Waals surface area contributed by atoms with Gasteiger partial charge in [0.2, 0.25) is 0 Å². The average molecular weight is 162 g/mol. The molecule has 0 radical (unpaired) electrons. The quantitative estimate of drug-likeness (QED) is 0.706. The van der Waals surface area contributed by atoms with Gasteiger partial charge in [-0.25, -0.2) is 0 Å². The van der Waals surface area contributed by atoms with E-state index in [0.29, 0.717) is 18.4 Å². The van der Waals surface area contributed by atoms with Gasteiger partial charge >= 0.3 is 0 Å². The van der Waals surface area contributed by atoms with Crippen LogP contribution in [-0.4, -0.2) is 11.7 Å². The summed E-state index contributed by atoms with van der Waals surface area (Å²) in [6, 6.07) is 8.46. The van der Waals surface area contributed by atoms with E-state index in [1.54, 1.807) is 0 Å². The van der Waals surface area contributed by atoms with Crippen LogP contribution in [0.3, 0.4) is 0 Å². The molecule has 1 aliphatic carbocycles. The fourth-order valence-corrected chi connectivity index (χ4v) is 1.83. The maximum absolute atomic E-state index is 8.93. The minimum absolute atomic E-state index is 0.346. The van der Waals surface area contributed by atoms with Gasteiger partial charge in [-0.15, -0.1) is 0 Å². The van der Waals surface area contributed by atoms with Gasteiger partial charge in [-0.2, -0.15) is 0 Å². The van der Waals surface area contributed by atoms with Gasteiger partial charge in [0.05, 0.1) is 0 Å². The van der Waals surface area contributed by atoms with Crippen LogP contribution in [0.1, 0.15) is 23.5 Å². The number of aliphatic hydroxyl groups is 1. The van der Waals surface area contributed by atoms with E-state index in [2.05, 4.69) is 31.2 Å². The lowest BCUT2D eigenvalue weighted by Gasteiger charge is -2.02. The number of hydrogen-bond donors (Lipinski definition) is 1. The third-order valence-electron chi connectivity index (χ3n) is 2.75. The van der Waals surface area contributed by atoms with Crippen LogP contribution in [0.2, 0.25) is 0 Å². The van der Waals surface area contributed by atoms with Gasteiger partial charge in [0.15, 0.2) is 0 Å². The largest absolute Gasteiger partial charge is 0.396 e. The second-order valence-electron chi connectivity index (χ2n) is 3.64. The van der Waals surface area contributed by atoms with E-state index < -0.39 is 0 Å². The maximum Gasteiger partial charge on any atom is 0.0465 e. The highest BCUT2D eigenvalue weighted by Gasteiger charge is 2.37. The van der Waals surface area contributed by atoms with Gasteiger partial charge in [-0.3, -0.25) is 0 Å². The fourth-order valence-electron chi connectivity index (χ4n) is 1.83. The Bertz CT molecular complexity index is 280. The molecule has 0 aliphatic heterocycles. The first-order valence-corrected chi connectivity index (χ1v) is 4.49. The monoisotopic (exact) mass is 162 g/mol. The van der Waals surface area contributed by atoms with E-state index in [4.69, 9.17) is 5.11 Å². The third kappa shape index (κ3) is 1.25. The summed E-state index contributed by atoms with van der Waals surface area (Å²) >= 11 is 0. The second kappa shape index (κ2) is 2.91. The number of benzene rings is 1. The molecule has 64 valence electrons. The molecule has 1 aromatic rings. The lowest BCUT2D eigenvalue weighted by molar-refractivity contribution is 0.274. The lowest BCUT2D eigenvalue weighted by Crippen LogP contribution is -1.90. The average Bonchev–Trinajstić information content (AvgIpc) is 2.84. The van der Waals surface area contributed by atoms with Crippen LogP contribution < -0.4 is 0 Å². The molecule has 1 fully saturated rings. The van der Waals surface area contributed by atoms with Crippen molar-refractivity contribution in [1.82, 2.24) is 0 Å². The number of rotatable bonds is 2. The summed E-state index contributed by atoms with van der Waals surface area (Å²) in [6.45, 7) is 2.49. The Kier molecular flexibility index (Phi) is 1.89. The molecule has 2 rings (SSSR count). The predicted molar refractivity (Wildman–Crippen MR) is 49.1 cm³/mol. The summed E-state index contributed by atoms with van der Waals surface area (Å²) in [4.78, 5) is 0. The van der Waals surface area contributed by atoms with E-state index in [1.165, 1.54) is 17.5 Å². The number of hydrogen-bond acceptors (Lipinski definition) is 1. The van der Waals surface area contributed by atoms with Gasteiger partial charge in [0.1, 0.15) is 0 Å². The Morgan fingerprint density at radius 1 is 1.42 bits per heavy atom. The van der Waals surface area contributed by atoms with Gasteiger partial charge < -0.3 is 5.11 Å². The van der Waals surface area contributed by atoms with Crippen LogP contribution in [-0.2, 0) is 0 Å². The molecule has 1 heteroatoms. The Labute approximate surface area is 73.0 Å². The zero-order valence-electron chi connectivity index (χ0n) is 7.33. The topological polar surface area (TPSA) is 20.2 Å². The van der Waals surface area contributed by atoms with Crippen LogP contribution in [0, 0.1) is 12.8 Å². The fraction of sp³-hybridized carbons (Fsp3) is 0.455. The highest BCUT2D eigenvalue weighted by atomic mass is 16.3. The first-order valence-electron chi connectivity index (χ1n) is 4.49. The first-order chi connectivity index (χ1) is 5.83. The van der Waals surface area contributed by atoms with Crippen LogP contribution >= 0.6 is 0 Å². The second-order valence-corrected chi connectivity index (χ2v) is 3.64. The molecule has 0 amide bonds. The normalized spacial score (nSPS) is 27.2. The minimum Gasteiger partial charge on any atom is -0.396 e. The van der Waals surface area contributed by atoms with Crippen molar-refractivity contribution in [3.05, 3.63) is 35.4 Å². The third-order valence-corrected chi connectivity index (χ3v) is 2.75. The summed E-state index contributed by atoms with van der Waals surface area (Å²) < 4.78 is 0. The van der Waals surface area contributed by atoms with Crippen molar-refractivity contribution in [3.63, 3.8) is 0 Å². The molecule has 0 saturated heterocycles. The van der Waals surface area contributed by atoms with Gasteiger partial charge in [-0.1, -0.05) is 24.3 Å². The Hall–Kier alpha value is -0.820. The van der Waals surface area contributed by atoms with Gasteiger partial charge in [0, 0.05) is 6.61 Å². The Morgan fingerprint density at radius 2 is 2.17 bits per heavy atom. The van der Waals surface area contributed by atoms with Crippen molar-refractivity contribution in [2.45, 2.75) is 19.3 Å². The molecular formula is C11H14O. The van der Waals surface area contributed by atoms with Crippen molar-refractivity contribution in [1.29, 1.82) is 0 Å². The van der Waals surface area contributed by atoms with Crippen molar-refractivity contribution in [3.8, 4) is 0 Å². The molecule has 1 aliphatic rings. The van der Waals surface area contributed by atoms with Crippen molar-refractivity contribution >= 4 is 0 Å². The van der Waals surface area contributed by atoms with E-state index >= 15 is 0 Å². The van der Waals surface area contributed by atoms with E-state index in [-0.39, 0.29) is 0 Å². The molecule has 1 saturated carbocycles. The summed E-state index contributed by atoms with van der Waals surface area (Å²) in [5.41, 5.74) is 2.79. The molecule has 1 aromatic carbocycles. The summed E-state index contributed by atoms with van der Waals surface area (Å²) in [5.74, 6) is 1.17. The molecule has 0 aromatic heterocycles. The van der Waals surface area contributed by atoms with E-state index in [9.17, 15) is 0 Å².